The number of benzene rings is 1. The number of halogens is 1. The lowest BCUT2D eigenvalue weighted by atomic mass is 9.86. The number of amides is 1. The predicted molar refractivity (Wildman–Crippen MR) is 71.5 cm³/mol. The van der Waals surface area contributed by atoms with Crippen molar-refractivity contribution in [2.75, 3.05) is 0 Å². The van der Waals surface area contributed by atoms with Gasteiger partial charge in [0.25, 0.3) is 0 Å². The summed E-state index contributed by atoms with van der Waals surface area (Å²) in [5.41, 5.74) is 0.943. The minimum absolute atomic E-state index is 0.0957. The Balaban J connectivity index is 1.73. The molecular formula is C15H20FNO2. The molecule has 0 saturated heterocycles. The van der Waals surface area contributed by atoms with E-state index < -0.39 is 12.3 Å². The molecule has 19 heavy (non-hydrogen) atoms. The highest BCUT2D eigenvalue weighted by Gasteiger charge is 2.28. The molecule has 0 aliphatic heterocycles. The Labute approximate surface area is 113 Å². The summed E-state index contributed by atoms with van der Waals surface area (Å²) in [6, 6.07) is 9.39. The first-order valence-electron chi connectivity index (χ1n) is 6.76. The van der Waals surface area contributed by atoms with Gasteiger partial charge in [0, 0.05) is 6.04 Å². The van der Waals surface area contributed by atoms with Gasteiger partial charge in [-0.3, -0.25) is 0 Å². The molecule has 2 rings (SSSR count). The summed E-state index contributed by atoms with van der Waals surface area (Å²) in [5, 5.41) is 2.74. The fourth-order valence-corrected chi connectivity index (χ4v) is 2.33. The van der Waals surface area contributed by atoms with Crippen molar-refractivity contribution >= 4 is 6.09 Å². The van der Waals surface area contributed by atoms with E-state index in [-0.39, 0.29) is 18.6 Å². The average Bonchev–Trinajstić information content (AvgIpc) is 2.42. The molecular weight excluding hydrogens is 245 g/mol. The molecule has 0 spiro atoms. The van der Waals surface area contributed by atoms with Gasteiger partial charge in [0.15, 0.2) is 0 Å². The van der Waals surface area contributed by atoms with Crippen LogP contribution in [-0.4, -0.2) is 18.3 Å². The summed E-state index contributed by atoms with van der Waals surface area (Å²) >= 11 is 0. The summed E-state index contributed by atoms with van der Waals surface area (Å²) in [6.07, 6.45) is 0.734. The van der Waals surface area contributed by atoms with E-state index in [9.17, 15) is 9.18 Å². The Kier molecular flexibility index (Phi) is 4.77. The molecule has 1 fully saturated rings. The number of alkyl halides is 1. The first-order valence-corrected chi connectivity index (χ1v) is 6.76. The number of rotatable bonds is 3. The number of nitrogens with one attached hydrogen (secondary N) is 1. The van der Waals surface area contributed by atoms with E-state index in [2.05, 4.69) is 5.32 Å². The van der Waals surface area contributed by atoms with Crippen molar-refractivity contribution < 1.29 is 13.9 Å². The van der Waals surface area contributed by atoms with Gasteiger partial charge in [-0.1, -0.05) is 37.3 Å². The van der Waals surface area contributed by atoms with Crippen LogP contribution in [0.15, 0.2) is 30.3 Å². The molecule has 0 bridgehead atoms. The highest BCUT2D eigenvalue weighted by Crippen LogP contribution is 2.26. The lowest BCUT2D eigenvalue weighted by molar-refractivity contribution is 0.116. The molecule has 0 aromatic heterocycles. The van der Waals surface area contributed by atoms with Crippen LogP contribution < -0.4 is 5.32 Å². The Bertz CT molecular complexity index is 410. The van der Waals surface area contributed by atoms with Gasteiger partial charge < -0.3 is 10.1 Å². The van der Waals surface area contributed by atoms with Crippen LogP contribution in [0, 0.1) is 5.92 Å². The van der Waals surface area contributed by atoms with E-state index >= 15 is 0 Å². The van der Waals surface area contributed by atoms with Crippen molar-refractivity contribution in [3.63, 3.8) is 0 Å². The van der Waals surface area contributed by atoms with Crippen molar-refractivity contribution in [2.45, 2.75) is 45.0 Å². The van der Waals surface area contributed by atoms with Crippen LogP contribution >= 0.6 is 0 Å². The second-order valence-electron chi connectivity index (χ2n) is 5.21. The molecule has 3 atom stereocenters. The normalized spacial score (nSPS) is 26.7. The molecule has 4 heteroatoms. The zero-order chi connectivity index (χ0) is 13.7. The summed E-state index contributed by atoms with van der Waals surface area (Å²) in [7, 11) is 0. The van der Waals surface area contributed by atoms with Crippen molar-refractivity contribution in [3.05, 3.63) is 35.9 Å². The van der Waals surface area contributed by atoms with Gasteiger partial charge in [0.05, 0.1) is 0 Å². The maximum atomic E-state index is 13.5. The number of hydrogen-bond donors (Lipinski definition) is 1. The SMILES string of the molecule is C[C@@H]1CC[C@@H](NC(=O)OCc2ccccc2)C[C@@H]1F. The average molecular weight is 265 g/mol. The van der Waals surface area contributed by atoms with E-state index in [1.54, 1.807) is 0 Å². The molecule has 1 aliphatic rings. The number of alkyl carbamates (subject to hydrolysis) is 1. The van der Waals surface area contributed by atoms with Crippen molar-refractivity contribution in [1.82, 2.24) is 5.32 Å². The standard InChI is InChI=1S/C15H20FNO2/c1-11-7-8-13(9-14(11)16)17-15(18)19-10-12-5-3-2-4-6-12/h2-6,11,13-14H,7-10H2,1H3,(H,17,18)/t11-,13-,14+/m1/s1. The van der Waals surface area contributed by atoms with Crippen molar-refractivity contribution in [1.29, 1.82) is 0 Å². The molecule has 0 heterocycles. The van der Waals surface area contributed by atoms with Gasteiger partial charge in [-0.25, -0.2) is 9.18 Å². The van der Waals surface area contributed by atoms with Crippen LogP contribution in [0.25, 0.3) is 0 Å². The maximum absolute atomic E-state index is 13.5. The topological polar surface area (TPSA) is 38.3 Å². The number of ether oxygens (including phenoxy) is 1. The quantitative estimate of drug-likeness (QED) is 0.909. The fraction of sp³-hybridized carbons (Fsp3) is 0.533. The van der Waals surface area contributed by atoms with Crippen LogP contribution in [0.4, 0.5) is 9.18 Å². The molecule has 0 unspecified atom stereocenters. The molecule has 1 aliphatic carbocycles. The van der Waals surface area contributed by atoms with E-state index in [4.69, 9.17) is 4.74 Å². The van der Waals surface area contributed by atoms with Gasteiger partial charge in [0.2, 0.25) is 0 Å². The van der Waals surface area contributed by atoms with Crippen LogP contribution in [0.1, 0.15) is 31.7 Å². The molecule has 1 aromatic rings. The van der Waals surface area contributed by atoms with Gasteiger partial charge in [-0.2, -0.15) is 0 Å². The third-order valence-corrected chi connectivity index (χ3v) is 3.63. The highest BCUT2D eigenvalue weighted by molar-refractivity contribution is 5.67. The first kappa shape index (κ1) is 13.8. The Morgan fingerprint density at radius 1 is 1.37 bits per heavy atom. The zero-order valence-electron chi connectivity index (χ0n) is 11.1. The molecule has 104 valence electrons. The van der Waals surface area contributed by atoms with Crippen molar-refractivity contribution in [2.24, 2.45) is 5.92 Å². The Morgan fingerprint density at radius 3 is 2.79 bits per heavy atom. The highest BCUT2D eigenvalue weighted by atomic mass is 19.1. The van der Waals surface area contributed by atoms with Crippen LogP contribution in [0.5, 0.6) is 0 Å². The van der Waals surface area contributed by atoms with Gasteiger partial charge in [-0.15, -0.1) is 0 Å². The van der Waals surface area contributed by atoms with E-state index in [1.165, 1.54) is 0 Å². The smallest absolute Gasteiger partial charge is 0.407 e. The predicted octanol–water partition coefficient (Wildman–Crippen LogP) is 3.44. The van der Waals surface area contributed by atoms with Crippen LogP contribution in [-0.2, 0) is 11.3 Å². The zero-order valence-corrected chi connectivity index (χ0v) is 11.1. The number of carbonyl (C=O) groups excluding carboxylic acids is 1. The lowest BCUT2D eigenvalue weighted by Crippen LogP contribution is -2.41. The van der Waals surface area contributed by atoms with E-state index in [1.807, 2.05) is 37.3 Å². The molecule has 1 saturated carbocycles. The largest absolute Gasteiger partial charge is 0.445 e. The molecule has 0 radical (unpaired) electrons. The monoisotopic (exact) mass is 265 g/mol. The summed E-state index contributed by atoms with van der Waals surface area (Å²) in [6.45, 7) is 2.16. The maximum Gasteiger partial charge on any atom is 0.407 e. The van der Waals surface area contributed by atoms with E-state index in [0.717, 1.165) is 18.4 Å². The summed E-state index contributed by atoms with van der Waals surface area (Å²) in [5.74, 6) is 0.0957. The Morgan fingerprint density at radius 2 is 2.11 bits per heavy atom. The second kappa shape index (κ2) is 6.55. The molecule has 3 nitrogen and oxygen atoms in total. The van der Waals surface area contributed by atoms with Gasteiger partial charge in [-0.05, 0) is 30.7 Å². The molecule has 1 amide bonds. The number of hydrogen-bond acceptors (Lipinski definition) is 2. The van der Waals surface area contributed by atoms with Gasteiger partial charge in [0.1, 0.15) is 12.8 Å². The third-order valence-electron chi connectivity index (χ3n) is 3.63. The fourth-order valence-electron chi connectivity index (χ4n) is 2.33. The second-order valence-corrected chi connectivity index (χ2v) is 5.21. The number of carbonyl (C=O) groups is 1. The van der Waals surface area contributed by atoms with Crippen LogP contribution in [0.2, 0.25) is 0 Å². The minimum atomic E-state index is -0.826. The minimum Gasteiger partial charge on any atom is -0.445 e. The Hall–Kier alpha value is -1.58. The summed E-state index contributed by atoms with van der Waals surface area (Å²) < 4.78 is 18.7. The van der Waals surface area contributed by atoms with Crippen molar-refractivity contribution in [3.8, 4) is 0 Å². The lowest BCUT2D eigenvalue weighted by Gasteiger charge is -2.29. The first-order chi connectivity index (χ1) is 9.15. The van der Waals surface area contributed by atoms with Gasteiger partial charge >= 0.3 is 6.09 Å². The summed E-state index contributed by atoms with van der Waals surface area (Å²) in [4.78, 5) is 11.6. The molecule has 1 aromatic carbocycles. The van der Waals surface area contributed by atoms with E-state index in [0.29, 0.717) is 6.42 Å². The third kappa shape index (κ3) is 4.23. The molecule has 1 N–H and O–H groups in total. The van der Waals surface area contributed by atoms with Crippen LogP contribution in [0.3, 0.4) is 0 Å².